The van der Waals surface area contributed by atoms with Crippen LogP contribution in [-0.4, -0.2) is 37.0 Å². The maximum atomic E-state index is 12.4. The summed E-state index contributed by atoms with van der Waals surface area (Å²) in [6.45, 7) is 2.95. The Balaban J connectivity index is 1.86. The maximum Gasteiger partial charge on any atom is 0.260 e. The summed E-state index contributed by atoms with van der Waals surface area (Å²) < 4.78 is 5.62. The van der Waals surface area contributed by atoms with E-state index in [0.29, 0.717) is 6.04 Å². The van der Waals surface area contributed by atoms with Crippen LogP contribution in [-0.2, 0) is 4.79 Å². The Morgan fingerprint density at radius 3 is 2.48 bits per heavy atom. The third kappa shape index (κ3) is 4.38. The van der Waals surface area contributed by atoms with E-state index in [0.717, 1.165) is 30.8 Å². The smallest absolute Gasteiger partial charge is 0.260 e. The monoisotopic (exact) mass is 290 g/mol. The van der Waals surface area contributed by atoms with E-state index in [-0.39, 0.29) is 12.5 Å². The topological polar surface area (TPSA) is 41.6 Å². The predicted molar refractivity (Wildman–Crippen MR) is 85.7 cm³/mol. The van der Waals surface area contributed by atoms with Crippen molar-refractivity contribution in [1.29, 1.82) is 0 Å². The average molecular weight is 290 g/mol. The number of nitrogens with zero attached hydrogens (tertiary/aromatic N) is 1. The van der Waals surface area contributed by atoms with Crippen LogP contribution in [0.2, 0.25) is 0 Å². The zero-order valence-corrected chi connectivity index (χ0v) is 13.1. The van der Waals surface area contributed by atoms with Gasteiger partial charge in [0.15, 0.2) is 6.61 Å². The zero-order valence-electron chi connectivity index (χ0n) is 13.1. The molecule has 4 heteroatoms. The SMILES string of the molecule is CCN(C(=O)COc1ccc(NC)cc1)C1CCCCC1. The van der Waals surface area contributed by atoms with Gasteiger partial charge in [0.05, 0.1) is 0 Å². The molecule has 1 aromatic carbocycles. The van der Waals surface area contributed by atoms with Crippen LogP contribution in [0.1, 0.15) is 39.0 Å². The second kappa shape index (κ2) is 7.91. The summed E-state index contributed by atoms with van der Waals surface area (Å²) in [6, 6.07) is 8.06. The molecule has 0 heterocycles. The number of nitrogens with one attached hydrogen (secondary N) is 1. The van der Waals surface area contributed by atoms with Gasteiger partial charge in [0.1, 0.15) is 5.75 Å². The minimum atomic E-state index is 0.0992. The molecule has 0 radical (unpaired) electrons. The highest BCUT2D eigenvalue weighted by Crippen LogP contribution is 2.23. The van der Waals surface area contributed by atoms with E-state index in [9.17, 15) is 4.79 Å². The van der Waals surface area contributed by atoms with Gasteiger partial charge in [0.2, 0.25) is 0 Å². The molecule has 21 heavy (non-hydrogen) atoms. The van der Waals surface area contributed by atoms with Crippen LogP contribution in [0, 0.1) is 0 Å². The van der Waals surface area contributed by atoms with Gasteiger partial charge in [-0.2, -0.15) is 0 Å². The number of benzene rings is 1. The Hall–Kier alpha value is -1.71. The van der Waals surface area contributed by atoms with Gasteiger partial charge in [-0.15, -0.1) is 0 Å². The fraction of sp³-hybridized carbons (Fsp3) is 0.588. The quantitative estimate of drug-likeness (QED) is 0.874. The van der Waals surface area contributed by atoms with Crippen LogP contribution in [0.3, 0.4) is 0 Å². The van der Waals surface area contributed by atoms with Crippen LogP contribution in [0.5, 0.6) is 5.75 Å². The molecule has 4 nitrogen and oxygen atoms in total. The molecular formula is C17H26N2O2. The van der Waals surface area contributed by atoms with E-state index in [1.165, 1.54) is 19.3 Å². The molecule has 0 aliphatic heterocycles. The minimum Gasteiger partial charge on any atom is -0.484 e. The molecule has 0 spiro atoms. The lowest BCUT2D eigenvalue weighted by atomic mass is 9.94. The number of amides is 1. The van der Waals surface area contributed by atoms with Crippen LogP contribution < -0.4 is 10.1 Å². The van der Waals surface area contributed by atoms with Gasteiger partial charge in [-0.3, -0.25) is 4.79 Å². The number of carbonyl (C=O) groups is 1. The fourth-order valence-corrected chi connectivity index (χ4v) is 2.98. The predicted octanol–water partition coefficient (Wildman–Crippen LogP) is 3.29. The Kier molecular flexibility index (Phi) is 5.90. The van der Waals surface area contributed by atoms with E-state index >= 15 is 0 Å². The van der Waals surface area contributed by atoms with Gasteiger partial charge in [-0.1, -0.05) is 19.3 Å². The third-order valence-electron chi connectivity index (χ3n) is 4.18. The Labute approximate surface area is 127 Å². The summed E-state index contributed by atoms with van der Waals surface area (Å²) in [5.74, 6) is 0.837. The average Bonchev–Trinajstić information content (AvgIpc) is 2.55. The first-order chi connectivity index (χ1) is 10.2. The second-order valence-corrected chi connectivity index (χ2v) is 5.53. The molecule has 0 bridgehead atoms. The molecule has 0 unspecified atom stereocenters. The number of hydrogen-bond acceptors (Lipinski definition) is 3. The number of rotatable bonds is 6. The van der Waals surface area contributed by atoms with Gasteiger partial charge in [-0.25, -0.2) is 0 Å². The van der Waals surface area contributed by atoms with Gasteiger partial charge < -0.3 is 15.0 Å². The summed E-state index contributed by atoms with van der Waals surface area (Å²) in [5.41, 5.74) is 1.03. The van der Waals surface area contributed by atoms with Crippen molar-refractivity contribution in [2.24, 2.45) is 0 Å². The van der Waals surface area contributed by atoms with Gasteiger partial charge in [0, 0.05) is 25.3 Å². The summed E-state index contributed by atoms with van der Waals surface area (Å²) in [4.78, 5) is 14.3. The highest BCUT2D eigenvalue weighted by atomic mass is 16.5. The number of likely N-dealkylation sites (N-methyl/N-ethyl adjacent to an activating group) is 1. The van der Waals surface area contributed by atoms with Gasteiger partial charge in [-0.05, 0) is 44.0 Å². The van der Waals surface area contributed by atoms with Gasteiger partial charge >= 0.3 is 0 Å². The molecule has 1 amide bonds. The van der Waals surface area contributed by atoms with Crippen LogP contribution >= 0.6 is 0 Å². The van der Waals surface area contributed by atoms with Crippen molar-refractivity contribution in [3.63, 3.8) is 0 Å². The molecule has 0 saturated heterocycles. The van der Waals surface area contributed by atoms with Crippen molar-refractivity contribution in [1.82, 2.24) is 4.90 Å². The first-order valence-corrected chi connectivity index (χ1v) is 7.94. The zero-order chi connectivity index (χ0) is 15.1. The molecule has 0 atom stereocenters. The number of ether oxygens (including phenoxy) is 1. The molecule has 1 fully saturated rings. The molecule has 2 rings (SSSR count). The first-order valence-electron chi connectivity index (χ1n) is 7.94. The van der Waals surface area contributed by atoms with Crippen molar-refractivity contribution in [3.8, 4) is 5.75 Å². The lowest BCUT2D eigenvalue weighted by Crippen LogP contribution is -2.43. The molecular weight excluding hydrogens is 264 g/mol. The fourth-order valence-electron chi connectivity index (χ4n) is 2.98. The Morgan fingerprint density at radius 1 is 1.24 bits per heavy atom. The molecule has 1 aromatic rings. The largest absolute Gasteiger partial charge is 0.484 e. The summed E-state index contributed by atoms with van der Waals surface area (Å²) in [7, 11) is 1.88. The van der Waals surface area contributed by atoms with E-state index in [1.54, 1.807) is 0 Å². The normalized spacial score (nSPS) is 15.5. The molecule has 1 aliphatic rings. The van der Waals surface area contributed by atoms with Crippen molar-refractivity contribution in [2.75, 3.05) is 25.5 Å². The van der Waals surface area contributed by atoms with E-state index in [4.69, 9.17) is 4.74 Å². The van der Waals surface area contributed by atoms with Crippen molar-refractivity contribution < 1.29 is 9.53 Å². The highest BCUT2D eigenvalue weighted by Gasteiger charge is 2.24. The van der Waals surface area contributed by atoms with E-state index in [2.05, 4.69) is 5.32 Å². The lowest BCUT2D eigenvalue weighted by Gasteiger charge is -2.33. The molecule has 0 aromatic heterocycles. The summed E-state index contributed by atoms with van der Waals surface area (Å²) >= 11 is 0. The molecule has 1 saturated carbocycles. The first kappa shape index (κ1) is 15.7. The van der Waals surface area contributed by atoms with Gasteiger partial charge in [0.25, 0.3) is 5.91 Å². The summed E-state index contributed by atoms with van der Waals surface area (Å²) in [5, 5.41) is 3.06. The van der Waals surface area contributed by atoms with E-state index in [1.807, 2.05) is 43.1 Å². The highest BCUT2D eigenvalue weighted by molar-refractivity contribution is 5.78. The van der Waals surface area contributed by atoms with Crippen molar-refractivity contribution in [2.45, 2.75) is 45.1 Å². The Morgan fingerprint density at radius 2 is 1.90 bits per heavy atom. The second-order valence-electron chi connectivity index (χ2n) is 5.53. The number of carbonyl (C=O) groups excluding carboxylic acids is 1. The number of hydrogen-bond donors (Lipinski definition) is 1. The maximum absolute atomic E-state index is 12.4. The van der Waals surface area contributed by atoms with Crippen LogP contribution in [0.25, 0.3) is 0 Å². The van der Waals surface area contributed by atoms with Crippen molar-refractivity contribution >= 4 is 11.6 Å². The third-order valence-corrected chi connectivity index (χ3v) is 4.18. The number of anilines is 1. The van der Waals surface area contributed by atoms with Crippen LogP contribution in [0.4, 0.5) is 5.69 Å². The van der Waals surface area contributed by atoms with E-state index < -0.39 is 0 Å². The molecule has 1 N–H and O–H groups in total. The lowest BCUT2D eigenvalue weighted by molar-refractivity contribution is -0.136. The minimum absolute atomic E-state index is 0.0992. The summed E-state index contributed by atoms with van der Waals surface area (Å²) in [6.07, 6.45) is 6.05. The standard InChI is InChI=1S/C17H26N2O2/c1-3-19(15-7-5-4-6-8-15)17(20)13-21-16-11-9-14(18-2)10-12-16/h9-12,15,18H,3-8,13H2,1-2H3. The molecule has 116 valence electrons. The molecule has 1 aliphatic carbocycles. The van der Waals surface area contributed by atoms with Crippen LogP contribution in [0.15, 0.2) is 24.3 Å². The van der Waals surface area contributed by atoms with Crippen molar-refractivity contribution in [3.05, 3.63) is 24.3 Å². The Bertz CT molecular complexity index is 439.